The van der Waals surface area contributed by atoms with Crippen molar-refractivity contribution in [2.45, 2.75) is 13.8 Å². The molecule has 0 aromatic rings. The minimum Gasteiger partial charge on any atom is -0.450 e. The topological polar surface area (TPSA) is 81.5 Å². The molecule has 0 radical (unpaired) electrons. The highest BCUT2D eigenvalue weighted by atomic mass is 16.7. The molecule has 0 bridgehead atoms. The number of carboxylic acid groups (broad SMARTS) is 1. The Morgan fingerprint density at radius 1 is 1.67 bits per heavy atom. The van der Waals surface area contributed by atoms with Crippen LogP contribution in [0.15, 0.2) is 0 Å². The Morgan fingerprint density at radius 3 is 2.22 bits per heavy atom. The molecule has 56 valence electrons. The second-order valence-corrected chi connectivity index (χ2v) is 1.97. The smallest absolute Gasteiger partial charge is 0.450 e. The first kappa shape index (κ1) is 11.1. The standard InChI is InChI=1S/C5H10O3.H3N/c1-4(2)3-8-5(6)7;/h4H,3H2,1-2H3,(H,6,7);1H3. The van der Waals surface area contributed by atoms with E-state index in [0.717, 1.165) is 0 Å². The van der Waals surface area contributed by atoms with Crippen LogP contribution in [0.4, 0.5) is 4.79 Å². The molecule has 4 nitrogen and oxygen atoms in total. The van der Waals surface area contributed by atoms with Gasteiger partial charge in [-0.3, -0.25) is 0 Å². The van der Waals surface area contributed by atoms with Crippen LogP contribution < -0.4 is 6.15 Å². The number of rotatable bonds is 2. The maximum atomic E-state index is 9.68. The van der Waals surface area contributed by atoms with Crippen LogP contribution >= 0.6 is 0 Å². The van der Waals surface area contributed by atoms with Crippen LogP contribution in [-0.4, -0.2) is 17.9 Å². The van der Waals surface area contributed by atoms with Gasteiger partial charge >= 0.3 is 6.16 Å². The van der Waals surface area contributed by atoms with Crippen LogP contribution in [0.2, 0.25) is 0 Å². The Morgan fingerprint density at radius 2 is 2.11 bits per heavy atom. The maximum Gasteiger partial charge on any atom is 0.505 e. The SMILES string of the molecule is CC(C)COC(=O)O.N. The van der Waals surface area contributed by atoms with Crippen molar-refractivity contribution in [2.24, 2.45) is 5.92 Å². The first-order valence-electron chi connectivity index (χ1n) is 2.48. The predicted octanol–water partition coefficient (Wildman–Crippen LogP) is 1.50. The van der Waals surface area contributed by atoms with Crippen molar-refractivity contribution in [3.63, 3.8) is 0 Å². The molecule has 0 saturated carbocycles. The second-order valence-electron chi connectivity index (χ2n) is 1.97. The number of hydrogen-bond donors (Lipinski definition) is 2. The van der Waals surface area contributed by atoms with Gasteiger partial charge in [0.15, 0.2) is 0 Å². The normalized spacial score (nSPS) is 8.33. The summed E-state index contributed by atoms with van der Waals surface area (Å²) >= 11 is 0. The van der Waals surface area contributed by atoms with Gasteiger partial charge < -0.3 is 16.0 Å². The molecule has 9 heavy (non-hydrogen) atoms. The van der Waals surface area contributed by atoms with Crippen LogP contribution in [0, 0.1) is 5.92 Å². The quantitative estimate of drug-likeness (QED) is 0.562. The zero-order valence-electron chi connectivity index (χ0n) is 5.76. The Hall–Kier alpha value is -0.770. The van der Waals surface area contributed by atoms with Gasteiger partial charge in [-0.25, -0.2) is 4.79 Å². The van der Waals surface area contributed by atoms with Crippen LogP contribution in [0.25, 0.3) is 0 Å². The minimum atomic E-state index is -1.20. The van der Waals surface area contributed by atoms with Crippen LogP contribution in [0.5, 0.6) is 0 Å². The lowest BCUT2D eigenvalue weighted by molar-refractivity contribution is 0.0814. The highest BCUT2D eigenvalue weighted by molar-refractivity contribution is 5.56. The average Bonchev–Trinajstić information content (AvgIpc) is 1.61. The van der Waals surface area contributed by atoms with E-state index in [1.54, 1.807) is 0 Å². The van der Waals surface area contributed by atoms with E-state index >= 15 is 0 Å². The molecule has 0 aliphatic rings. The van der Waals surface area contributed by atoms with Crippen molar-refractivity contribution >= 4 is 6.16 Å². The van der Waals surface area contributed by atoms with Gasteiger partial charge in [0.1, 0.15) is 0 Å². The van der Waals surface area contributed by atoms with Crippen molar-refractivity contribution in [1.29, 1.82) is 0 Å². The first-order valence-corrected chi connectivity index (χ1v) is 2.48. The molecule has 0 aromatic carbocycles. The fourth-order valence-electron chi connectivity index (χ4n) is 0.238. The molecular weight excluding hydrogens is 122 g/mol. The summed E-state index contributed by atoms with van der Waals surface area (Å²) in [6, 6.07) is 0. The summed E-state index contributed by atoms with van der Waals surface area (Å²) in [6.45, 7) is 4.07. The molecule has 0 aliphatic heterocycles. The van der Waals surface area contributed by atoms with Gasteiger partial charge in [0.2, 0.25) is 0 Å². The molecule has 4 N–H and O–H groups in total. The van der Waals surface area contributed by atoms with Crippen LogP contribution in [-0.2, 0) is 4.74 Å². The number of hydrogen-bond acceptors (Lipinski definition) is 3. The molecule has 4 heteroatoms. The third-order valence-electron chi connectivity index (χ3n) is 0.540. The lowest BCUT2D eigenvalue weighted by Gasteiger charge is -2.00. The highest BCUT2D eigenvalue weighted by Crippen LogP contribution is 1.91. The Kier molecular flexibility index (Phi) is 6.61. The van der Waals surface area contributed by atoms with Gasteiger partial charge in [-0.1, -0.05) is 13.8 Å². The van der Waals surface area contributed by atoms with Gasteiger partial charge in [0.05, 0.1) is 6.61 Å². The Bertz CT molecular complexity index is 82.3. The lowest BCUT2D eigenvalue weighted by atomic mass is 10.2. The van der Waals surface area contributed by atoms with Crippen molar-refractivity contribution in [3.05, 3.63) is 0 Å². The minimum absolute atomic E-state index is 0. The van der Waals surface area contributed by atoms with Gasteiger partial charge in [-0.15, -0.1) is 0 Å². The molecule has 0 unspecified atom stereocenters. The van der Waals surface area contributed by atoms with E-state index < -0.39 is 6.16 Å². The molecular formula is C5H13NO3. The van der Waals surface area contributed by atoms with E-state index in [9.17, 15) is 4.79 Å². The molecule has 0 saturated heterocycles. The summed E-state index contributed by atoms with van der Waals surface area (Å²) in [5.74, 6) is 0.283. The van der Waals surface area contributed by atoms with Crippen LogP contribution in [0.3, 0.4) is 0 Å². The number of carbonyl (C=O) groups is 1. The van der Waals surface area contributed by atoms with E-state index in [4.69, 9.17) is 5.11 Å². The van der Waals surface area contributed by atoms with Gasteiger partial charge in [-0.2, -0.15) is 0 Å². The van der Waals surface area contributed by atoms with E-state index in [1.807, 2.05) is 13.8 Å². The fraction of sp³-hybridized carbons (Fsp3) is 0.800. The largest absolute Gasteiger partial charge is 0.505 e. The van der Waals surface area contributed by atoms with Crippen molar-refractivity contribution in [3.8, 4) is 0 Å². The molecule has 0 atom stereocenters. The fourth-order valence-corrected chi connectivity index (χ4v) is 0.238. The number of ether oxygens (including phenoxy) is 1. The van der Waals surface area contributed by atoms with Crippen molar-refractivity contribution in [1.82, 2.24) is 6.15 Å². The lowest BCUT2D eigenvalue weighted by Crippen LogP contribution is -2.06. The van der Waals surface area contributed by atoms with E-state index in [-0.39, 0.29) is 18.7 Å². The molecule has 0 spiro atoms. The average molecular weight is 135 g/mol. The third kappa shape index (κ3) is 11.1. The summed E-state index contributed by atoms with van der Waals surface area (Å²) in [5.41, 5.74) is 0. The maximum absolute atomic E-state index is 9.68. The zero-order chi connectivity index (χ0) is 6.57. The molecule has 0 aliphatic carbocycles. The molecule has 0 aromatic heterocycles. The summed E-state index contributed by atoms with van der Waals surface area (Å²) in [4.78, 5) is 9.68. The summed E-state index contributed by atoms with van der Waals surface area (Å²) in [7, 11) is 0. The van der Waals surface area contributed by atoms with Gasteiger partial charge in [-0.05, 0) is 5.92 Å². The van der Waals surface area contributed by atoms with Crippen molar-refractivity contribution in [2.75, 3.05) is 6.61 Å². The molecule has 0 amide bonds. The highest BCUT2D eigenvalue weighted by Gasteiger charge is 1.97. The first-order chi connectivity index (χ1) is 3.63. The second kappa shape index (κ2) is 5.37. The van der Waals surface area contributed by atoms with E-state index in [1.165, 1.54) is 0 Å². The monoisotopic (exact) mass is 135 g/mol. The van der Waals surface area contributed by atoms with Crippen molar-refractivity contribution < 1.29 is 14.6 Å². The molecule has 0 rings (SSSR count). The molecule has 0 heterocycles. The summed E-state index contributed by atoms with van der Waals surface area (Å²) < 4.78 is 4.22. The predicted molar refractivity (Wildman–Crippen MR) is 33.8 cm³/mol. The summed E-state index contributed by atoms with van der Waals surface area (Å²) in [6.07, 6.45) is -1.20. The van der Waals surface area contributed by atoms with Crippen LogP contribution in [0.1, 0.15) is 13.8 Å². The van der Waals surface area contributed by atoms with Gasteiger partial charge in [0.25, 0.3) is 0 Å². The third-order valence-corrected chi connectivity index (χ3v) is 0.540. The molecule has 0 fully saturated rings. The summed E-state index contributed by atoms with van der Waals surface area (Å²) in [5, 5.41) is 7.94. The Labute approximate surface area is 54.4 Å². The Balaban J connectivity index is 0. The zero-order valence-corrected chi connectivity index (χ0v) is 5.76. The van der Waals surface area contributed by atoms with E-state index in [2.05, 4.69) is 4.74 Å². The van der Waals surface area contributed by atoms with E-state index in [0.29, 0.717) is 0 Å². The van der Waals surface area contributed by atoms with Gasteiger partial charge in [0, 0.05) is 0 Å².